The molecular formula is C28H27FIN5O5. The number of carbonyl (C=O) groups excluding carboxylic acids is 1. The number of nitrogens with one attached hydrogen (secondary N) is 2. The lowest BCUT2D eigenvalue weighted by atomic mass is 10.1. The number of nitrogens with zero attached hydrogens (tertiary/aromatic N) is 3. The lowest BCUT2D eigenvalue weighted by Gasteiger charge is -2.22. The van der Waals surface area contributed by atoms with Gasteiger partial charge in [0.1, 0.15) is 17.0 Å². The molecule has 12 heteroatoms. The summed E-state index contributed by atoms with van der Waals surface area (Å²) < 4.78 is 24.8. The molecule has 5 rings (SSSR count). The molecule has 2 aromatic carbocycles. The van der Waals surface area contributed by atoms with Crippen LogP contribution in [-0.4, -0.2) is 33.3 Å². The molecule has 208 valence electrons. The van der Waals surface area contributed by atoms with Crippen molar-refractivity contribution >= 4 is 56.6 Å². The van der Waals surface area contributed by atoms with Gasteiger partial charge < -0.3 is 15.4 Å². The van der Waals surface area contributed by atoms with Gasteiger partial charge in [-0.25, -0.2) is 9.18 Å². The molecule has 0 spiro atoms. The molecule has 0 saturated heterocycles. The molecule has 0 bridgehead atoms. The smallest absolute Gasteiger partial charge is 0.336 e. The van der Waals surface area contributed by atoms with Crippen LogP contribution in [0, 0.1) is 16.3 Å². The van der Waals surface area contributed by atoms with Crippen LogP contribution in [0.3, 0.4) is 0 Å². The Morgan fingerprint density at radius 1 is 1.12 bits per heavy atom. The van der Waals surface area contributed by atoms with Gasteiger partial charge in [0.25, 0.3) is 11.1 Å². The van der Waals surface area contributed by atoms with E-state index in [0.717, 1.165) is 0 Å². The molecule has 0 radical (unpaired) electrons. The van der Waals surface area contributed by atoms with Crippen molar-refractivity contribution in [3.8, 4) is 5.69 Å². The highest BCUT2D eigenvalue weighted by molar-refractivity contribution is 14.1. The van der Waals surface area contributed by atoms with Gasteiger partial charge in [0, 0.05) is 34.9 Å². The number of hydrogen-bond donors (Lipinski definition) is 2. The lowest BCUT2D eigenvalue weighted by molar-refractivity contribution is -0.114. The largest absolute Gasteiger partial charge is 0.383 e. The number of fused-ring (bicyclic) bond motifs is 1. The summed E-state index contributed by atoms with van der Waals surface area (Å²) >= 11 is 1.99. The molecule has 0 aliphatic heterocycles. The fourth-order valence-corrected chi connectivity index (χ4v) is 5.25. The molecule has 1 amide bonds. The Labute approximate surface area is 241 Å². The third kappa shape index (κ3) is 5.08. The van der Waals surface area contributed by atoms with Crippen molar-refractivity contribution in [2.45, 2.75) is 39.3 Å². The van der Waals surface area contributed by atoms with Crippen molar-refractivity contribution in [1.29, 1.82) is 0 Å². The Balaban J connectivity index is 1.92. The highest BCUT2D eigenvalue weighted by atomic mass is 127. The normalized spacial score (nSPS) is 13.0. The summed E-state index contributed by atoms with van der Waals surface area (Å²) in [5, 5.41) is 5.77. The van der Waals surface area contributed by atoms with E-state index in [-0.39, 0.29) is 53.1 Å². The molecule has 1 saturated carbocycles. The van der Waals surface area contributed by atoms with E-state index >= 15 is 4.39 Å². The molecule has 10 nitrogen and oxygen atoms in total. The van der Waals surface area contributed by atoms with E-state index in [1.807, 2.05) is 22.6 Å². The van der Waals surface area contributed by atoms with Crippen LogP contribution >= 0.6 is 22.6 Å². The van der Waals surface area contributed by atoms with Crippen LogP contribution in [0.15, 0.2) is 56.8 Å². The fraction of sp³-hybridized carbons (Fsp3) is 0.286. The molecule has 1 aliphatic rings. The second-order valence-electron chi connectivity index (χ2n) is 9.65. The van der Waals surface area contributed by atoms with Gasteiger partial charge in [-0.15, -0.1) is 0 Å². The molecular weight excluding hydrogens is 632 g/mol. The molecule has 0 atom stereocenters. The average molecular weight is 659 g/mol. The summed E-state index contributed by atoms with van der Waals surface area (Å²) in [5.74, 6) is -0.792. The Hall–Kier alpha value is -3.78. The van der Waals surface area contributed by atoms with Crippen molar-refractivity contribution in [2.24, 2.45) is 0 Å². The van der Waals surface area contributed by atoms with E-state index in [4.69, 9.17) is 4.74 Å². The second kappa shape index (κ2) is 11.0. The summed E-state index contributed by atoms with van der Waals surface area (Å²) in [6, 6.07) is 10.9. The summed E-state index contributed by atoms with van der Waals surface area (Å²) in [7, 11) is 1.49. The number of hydrogen-bond acceptors (Lipinski definition) is 6. The standard InChI is InChI=1S/C28H27FIN5O5/c1-15-24-23(25(33(26(15)37)11-12-40-3)32-22-10-7-17(30)13-21(22)29)27(38)35(19-8-9-19)28(39)34(24)20-6-4-5-18(14-20)31-16(2)36/h4-7,10,13-14,19,32H,8-9,11-12H2,1-3H3,(H,31,36). The van der Waals surface area contributed by atoms with Crippen molar-refractivity contribution in [3.05, 3.63) is 88.6 Å². The Morgan fingerprint density at radius 2 is 1.88 bits per heavy atom. The van der Waals surface area contributed by atoms with Gasteiger partial charge in [-0.2, -0.15) is 0 Å². The van der Waals surface area contributed by atoms with Crippen LogP contribution in [-0.2, 0) is 16.1 Å². The number of rotatable bonds is 8. The van der Waals surface area contributed by atoms with E-state index < -0.39 is 22.6 Å². The van der Waals surface area contributed by atoms with E-state index in [1.54, 1.807) is 37.3 Å². The number of amides is 1. The highest BCUT2D eigenvalue weighted by Crippen LogP contribution is 2.34. The second-order valence-corrected chi connectivity index (χ2v) is 10.9. The van der Waals surface area contributed by atoms with E-state index in [0.29, 0.717) is 27.8 Å². The van der Waals surface area contributed by atoms with Crippen molar-refractivity contribution < 1.29 is 13.9 Å². The molecule has 1 fully saturated rings. The van der Waals surface area contributed by atoms with Crippen LogP contribution in [0.1, 0.15) is 31.4 Å². The maximum absolute atomic E-state index is 15.0. The summed E-state index contributed by atoms with van der Waals surface area (Å²) in [4.78, 5) is 53.5. The first-order valence-corrected chi connectivity index (χ1v) is 13.7. The van der Waals surface area contributed by atoms with Gasteiger partial charge >= 0.3 is 5.69 Å². The van der Waals surface area contributed by atoms with Crippen LogP contribution in [0.25, 0.3) is 16.6 Å². The molecule has 2 heterocycles. The Morgan fingerprint density at radius 3 is 2.52 bits per heavy atom. The third-order valence-corrected chi connectivity index (χ3v) is 7.43. The zero-order valence-electron chi connectivity index (χ0n) is 22.1. The average Bonchev–Trinajstić information content (AvgIpc) is 3.73. The summed E-state index contributed by atoms with van der Waals surface area (Å²) in [6.45, 7) is 3.16. The number of carbonyl (C=O) groups is 1. The highest BCUT2D eigenvalue weighted by Gasteiger charge is 2.32. The van der Waals surface area contributed by atoms with Crippen molar-refractivity contribution in [1.82, 2.24) is 13.7 Å². The zero-order chi connectivity index (χ0) is 28.7. The molecule has 2 N–H and O–H groups in total. The minimum Gasteiger partial charge on any atom is -0.383 e. The fourth-order valence-electron chi connectivity index (χ4n) is 4.80. The first kappa shape index (κ1) is 27.8. The van der Waals surface area contributed by atoms with E-state index in [1.165, 1.54) is 39.9 Å². The number of pyridine rings is 1. The number of halogens is 2. The number of methoxy groups -OCH3 is 1. The lowest BCUT2D eigenvalue weighted by Crippen LogP contribution is -2.41. The number of aromatic nitrogens is 3. The summed E-state index contributed by atoms with van der Waals surface area (Å²) in [6.07, 6.45) is 1.31. The minimum absolute atomic E-state index is 0.0638. The van der Waals surface area contributed by atoms with Crippen LogP contribution < -0.4 is 27.4 Å². The Bertz CT molecular complexity index is 1840. The Kier molecular flexibility index (Phi) is 7.64. The predicted octanol–water partition coefficient (Wildman–Crippen LogP) is 4.05. The van der Waals surface area contributed by atoms with E-state index in [2.05, 4.69) is 10.6 Å². The first-order valence-electron chi connectivity index (χ1n) is 12.7. The monoisotopic (exact) mass is 659 g/mol. The quantitative estimate of drug-likeness (QED) is 0.276. The zero-order valence-corrected chi connectivity index (χ0v) is 24.2. The topological polar surface area (TPSA) is 116 Å². The molecule has 4 aromatic rings. The van der Waals surface area contributed by atoms with Gasteiger partial charge in [-0.1, -0.05) is 6.07 Å². The van der Waals surface area contributed by atoms with Crippen LogP contribution in [0.5, 0.6) is 0 Å². The van der Waals surface area contributed by atoms with Gasteiger partial charge in [-0.3, -0.25) is 28.1 Å². The van der Waals surface area contributed by atoms with Crippen molar-refractivity contribution in [3.63, 3.8) is 0 Å². The molecule has 0 unspecified atom stereocenters. The van der Waals surface area contributed by atoms with Crippen LogP contribution in [0.4, 0.5) is 21.6 Å². The number of aryl methyl sites for hydroxylation is 1. The number of benzene rings is 2. The number of ether oxygens (including phenoxy) is 1. The molecule has 1 aliphatic carbocycles. The number of anilines is 3. The van der Waals surface area contributed by atoms with Gasteiger partial charge in [0.15, 0.2) is 0 Å². The minimum atomic E-state index is -0.594. The first-order chi connectivity index (χ1) is 19.1. The van der Waals surface area contributed by atoms with Gasteiger partial charge in [-0.05, 0) is 78.8 Å². The van der Waals surface area contributed by atoms with E-state index in [9.17, 15) is 19.2 Å². The third-order valence-electron chi connectivity index (χ3n) is 6.76. The maximum atomic E-state index is 15.0. The van der Waals surface area contributed by atoms with Crippen molar-refractivity contribution in [2.75, 3.05) is 24.4 Å². The molecule has 40 heavy (non-hydrogen) atoms. The molecule has 2 aromatic heterocycles. The maximum Gasteiger partial charge on any atom is 0.336 e. The van der Waals surface area contributed by atoms with Gasteiger partial charge in [0.05, 0.1) is 30.0 Å². The van der Waals surface area contributed by atoms with Crippen LogP contribution in [0.2, 0.25) is 0 Å². The SMILES string of the molecule is COCCn1c(Nc2ccc(I)cc2F)c2c(=O)n(C3CC3)c(=O)n(-c3cccc(NC(C)=O)c3)c2c(C)c1=O. The van der Waals surface area contributed by atoms with Gasteiger partial charge in [0.2, 0.25) is 5.91 Å². The predicted molar refractivity (Wildman–Crippen MR) is 160 cm³/mol. The summed E-state index contributed by atoms with van der Waals surface area (Å²) in [5.41, 5.74) is -0.478.